The molecule has 28 heavy (non-hydrogen) atoms. The van der Waals surface area contributed by atoms with E-state index in [-0.39, 0.29) is 29.6 Å². The van der Waals surface area contributed by atoms with Gasteiger partial charge in [-0.3, -0.25) is 9.59 Å². The summed E-state index contributed by atoms with van der Waals surface area (Å²) in [6.45, 7) is 9.49. The van der Waals surface area contributed by atoms with E-state index in [1.54, 1.807) is 4.90 Å². The predicted molar refractivity (Wildman–Crippen MR) is 106 cm³/mol. The Hall–Kier alpha value is -1.92. The average Bonchev–Trinajstić information content (AvgIpc) is 3.28. The third-order valence-corrected chi connectivity index (χ3v) is 6.17. The van der Waals surface area contributed by atoms with Crippen LogP contribution in [-0.4, -0.2) is 55.3 Å². The van der Waals surface area contributed by atoms with Gasteiger partial charge in [-0.1, -0.05) is 32.9 Å². The molecular weight excluding hydrogens is 356 g/mol. The minimum absolute atomic E-state index is 0.0257. The molecule has 0 radical (unpaired) electrons. The summed E-state index contributed by atoms with van der Waals surface area (Å²) in [5.74, 6) is -0.648. The van der Waals surface area contributed by atoms with Gasteiger partial charge in [0.15, 0.2) is 5.79 Å². The van der Waals surface area contributed by atoms with Gasteiger partial charge in [-0.05, 0) is 23.1 Å². The zero-order chi connectivity index (χ0) is 19.9. The van der Waals surface area contributed by atoms with Gasteiger partial charge in [0, 0.05) is 44.6 Å². The molecule has 4 rings (SSSR count). The minimum atomic E-state index is -0.483. The van der Waals surface area contributed by atoms with Crippen molar-refractivity contribution in [2.75, 3.05) is 37.7 Å². The van der Waals surface area contributed by atoms with Gasteiger partial charge in [-0.2, -0.15) is 0 Å². The van der Waals surface area contributed by atoms with E-state index in [1.165, 1.54) is 5.56 Å². The predicted octanol–water partition coefficient (Wildman–Crippen LogP) is 2.70. The van der Waals surface area contributed by atoms with Crippen molar-refractivity contribution in [3.8, 4) is 0 Å². The Labute approximate surface area is 166 Å². The Morgan fingerprint density at radius 1 is 1.07 bits per heavy atom. The fourth-order valence-corrected chi connectivity index (χ4v) is 4.38. The molecule has 3 aliphatic heterocycles. The van der Waals surface area contributed by atoms with Gasteiger partial charge < -0.3 is 19.3 Å². The summed E-state index contributed by atoms with van der Waals surface area (Å²) < 4.78 is 11.5. The smallest absolute Gasteiger partial charge is 0.228 e. The molecule has 1 unspecified atom stereocenters. The topological polar surface area (TPSA) is 59.1 Å². The number of carbonyl (C=O) groups excluding carboxylic acids is 2. The van der Waals surface area contributed by atoms with Crippen LogP contribution >= 0.6 is 0 Å². The summed E-state index contributed by atoms with van der Waals surface area (Å²) in [4.78, 5) is 29.2. The molecule has 3 fully saturated rings. The lowest BCUT2D eigenvalue weighted by atomic mass is 9.87. The van der Waals surface area contributed by atoms with Gasteiger partial charge in [0.1, 0.15) is 0 Å². The summed E-state index contributed by atoms with van der Waals surface area (Å²) in [5.41, 5.74) is 2.18. The molecule has 1 aromatic carbocycles. The van der Waals surface area contributed by atoms with Crippen molar-refractivity contribution in [1.82, 2.24) is 4.90 Å². The second-order valence-corrected chi connectivity index (χ2v) is 9.14. The van der Waals surface area contributed by atoms with Gasteiger partial charge in [-0.15, -0.1) is 0 Å². The zero-order valence-corrected chi connectivity index (χ0v) is 17.1. The third-order valence-electron chi connectivity index (χ3n) is 6.17. The lowest BCUT2D eigenvalue weighted by molar-refractivity contribution is -0.188. The van der Waals surface area contributed by atoms with E-state index in [0.717, 1.165) is 5.69 Å². The molecule has 0 N–H and O–H groups in total. The molecule has 1 spiro atoms. The van der Waals surface area contributed by atoms with Crippen LogP contribution in [0.4, 0.5) is 5.69 Å². The SMILES string of the molecule is CC(C)(C)c1ccc(N2CC(C(=O)N3CCC4(CC3)OCCO4)CC2=O)cc1. The number of amides is 2. The molecule has 3 heterocycles. The van der Waals surface area contributed by atoms with Gasteiger partial charge in [-0.25, -0.2) is 0 Å². The van der Waals surface area contributed by atoms with Crippen LogP contribution in [0.3, 0.4) is 0 Å². The van der Waals surface area contributed by atoms with Crippen LogP contribution in [-0.2, 0) is 24.5 Å². The highest BCUT2D eigenvalue weighted by atomic mass is 16.7. The van der Waals surface area contributed by atoms with E-state index in [2.05, 4.69) is 32.9 Å². The van der Waals surface area contributed by atoms with Crippen molar-refractivity contribution in [3.05, 3.63) is 29.8 Å². The van der Waals surface area contributed by atoms with Crippen molar-refractivity contribution in [3.63, 3.8) is 0 Å². The molecule has 0 aliphatic carbocycles. The molecule has 2 amide bonds. The summed E-state index contributed by atoms with van der Waals surface area (Å²) in [6, 6.07) is 8.13. The van der Waals surface area contributed by atoms with Crippen molar-refractivity contribution in [2.24, 2.45) is 5.92 Å². The summed E-state index contributed by atoms with van der Waals surface area (Å²) in [7, 11) is 0. The van der Waals surface area contributed by atoms with Crippen molar-refractivity contribution < 1.29 is 19.1 Å². The first-order valence-electron chi connectivity index (χ1n) is 10.3. The highest BCUT2D eigenvalue weighted by Gasteiger charge is 2.43. The van der Waals surface area contributed by atoms with E-state index in [9.17, 15) is 9.59 Å². The van der Waals surface area contributed by atoms with E-state index in [0.29, 0.717) is 45.7 Å². The average molecular weight is 386 g/mol. The fourth-order valence-electron chi connectivity index (χ4n) is 4.38. The number of hydrogen-bond donors (Lipinski definition) is 0. The van der Waals surface area contributed by atoms with Gasteiger partial charge in [0.25, 0.3) is 0 Å². The number of piperidine rings is 1. The molecule has 3 aliphatic rings. The highest BCUT2D eigenvalue weighted by Crippen LogP contribution is 2.33. The van der Waals surface area contributed by atoms with Crippen LogP contribution in [0.1, 0.15) is 45.6 Å². The van der Waals surface area contributed by atoms with Gasteiger partial charge >= 0.3 is 0 Å². The molecule has 0 saturated carbocycles. The number of ether oxygens (including phenoxy) is 2. The monoisotopic (exact) mass is 386 g/mol. The molecule has 0 aromatic heterocycles. The Bertz CT molecular complexity index is 737. The van der Waals surface area contributed by atoms with E-state index < -0.39 is 5.79 Å². The number of likely N-dealkylation sites (tertiary alicyclic amines) is 1. The maximum absolute atomic E-state index is 13.0. The first kappa shape index (κ1) is 19.4. The van der Waals surface area contributed by atoms with Crippen LogP contribution < -0.4 is 4.90 Å². The van der Waals surface area contributed by atoms with Gasteiger partial charge in [0.05, 0.1) is 19.1 Å². The van der Waals surface area contributed by atoms with Crippen LogP contribution in [0.25, 0.3) is 0 Å². The number of benzene rings is 1. The quantitative estimate of drug-likeness (QED) is 0.784. The maximum atomic E-state index is 13.0. The number of nitrogens with zero attached hydrogens (tertiary/aromatic N) is 2. The Morgan fingerprint density at radius 2 is 1.68 bits per heavy atom. The van der Waals surface area contributed by atoms with Crippen molar-refractivity contribution in [1.29, 1.82) is 0 Å². The molecule has 6 heteroatoms. The Morgan fingerprint density at radius 3 is 2.25 bits per heavy atom. The fraction of sp³-hybridized carbons (Fsp3) is 0.636. The minimum Gasteiger partial charge on any atom is -0.347 e. The molecule has 0 bridgehead atoms. The number of anilines is 1. The van der Waals surface area contributed by atoms with Crippen LogP contribution in [0.2, 0.25) is 0 Å². The highest BCUT2D eigenvalue weighted by molar-refractivity contribution is 6.00. The first-order valence-corrected chi connectivity index (χ1v) is 10.3. The van der Waals surface area contributed by atoms with E-state index in [4.69, 9.17) is 9.47 Å². The summed E-state index contributed by atoms with van der Waals surface area (Å²) in [5, 5.41) is 0. The summed E-state index contributed by atoms with van der Waals surface area (Å²) in [6.07, 6.45) is 1.70. The molecule has 1 atom stereocenters. The van der Waals surface area contributed by atoms with E-state index >= 15 is 0 Å². The number of carbonyl (C=O) groups is 2. The second kappa shape index (κ2) is 7.16. The molecule has 152 valence electrons. The first-order chi connectivity index (χ1) is 13.3. The van der Waals surface area contributed by atoms with Crippen LogP contribution in [0.15, 0.2) is 24.3 Å². The number of hydrogen-bond acceptors (Lipinski definition) is 4. The van der Waals surface area contributed by atoms with E-state index in [1.807, 2.05) is 17.0 Å². The Kier molecular flexibility index (Phi) is 4.96. The Balaban J connectivity index is 1.38. The normalized spacial score (nSPS) is 25.0. The lowest BCUT2D eigenvalue weighted by Crippen LogP contribution is -2.49. The molecule has 1 aromatic rings. The zero-order valence-electron chi connectivity index (χ0n) is 17.1. The second-order valence-electron chi connectivity index (χ2n) is 9.14. The lowest BCUT2D eigenvalue weighted by Gasteiger charge is -2.38. The molecule has 6 nitrogen and oxygen atoms in total. The third kappa shape index (κ3) is 3.67. The molecule has 3 saturated heterocycles. The maximum Gasteiger partial charge on any atom is 0.228 e. The summed E-state index contributed by atoms with van der Waals surface area (Å²) >= 11 is 0. The molecular formula is C22H30N2O4. The standard InChI is InChI=1S/C22H30N2O4/c1-21(2,3)17-4-6-18(7-5-17)24-15-16(14-19(24)25)20(26)23-10-8-22(9-11-23)27-12-13-28-22/h4-7,16H,8-15H2,1-3H3. The number of rotatable bonds is 2. The largest absolute Gasteiger partial charge is 0.347 e. The van der Waals surface area contributed by atoms with Crippen molar-refractivity contribution in [2.45, 2.75) is 51.2 Å². The van der Waals surface area contributed by atoms with Gasteiger partial charge in [0.2, 0.25) is 11.8 Å². The van der Waals surface area contributed by atoms with Crippen LogP contribution in [0, 0.1) is 5.92 Å². The van der Waals surface area contributed by atoms with Crippen molar-refractivity contribution >= 4 is 17.5 Å². The van der Waals surface area contributed by atoms with Crippen LogP contribution in [0.5, 0.6) is 0 Å².